The molecule has 0 radical (unpaired) electrons. The van der Waals surface area contributed by atoms with Crippen molar-refractivity contribution < 1.29 is 17.9 Å². The molecule has 2 aromatic rings. The third-order valence-corrected chi connectivity index (χ3v) is 5.17. The highest BCUT2D eigenvalue weighted by molar-refractivity contribution is 7.92. The van der Waals surface area contributed by atoms with Crippen molar-refractivity contribution in [2.24, 2.45) is 0 Å². The number of carbonyl (C=O) groups excluding carboxylic acids is 1. The standard InChI is InChI=1S/C20H26N2O4S/c1-4-17-7-9-18(10-8-17)22(27(3,24)25)15-20(23)21-13-14-26-19-11-5-16(2)6-12-19/h5-12H,4,13-15H2,1-3H3,(H,21,23). The van der Waals surface area contributed by atoms with Crippen LogP contribution in [0.4, 0.5) is 5.69 Å². The minimum atomic E-state index is -3.57. The lowest BCUT2D eigenvalue weighted by Gasteiger charge is -2.22. The second-order valence-corrected chi connectivity index (χ2v) is 8.21. The molecular formula is C20H26N2O4S. The van der Waals surface area contributed by atoms with Gasteiger partial charge in [0.2, 0.25) is 15.9 Å². The Labute approximate surface area is 161 Å². The molecule has 0 unspecified atom stereocenters. The van der Waals surface area contributed by atoms with Gasteiger partial charge in [0.05, 0.1) is 18.5 Å². The number of benzene rings is 2. The smallest absolute Gasteiger partial charge is 0.240 e. The predicted octanol–water partition coefficient (Wildman–Crippen LogP) is 2.52. The van der Waals surface area contributed by atoms with Gasteiger partial charge in [-0.1, -0.05) is 36.8 Å². The second-order valence-electron chi connectivity index (χ2n) is 6.30. The average Bonchev–Trinajstić information content (AvgIpc) is 2.64. The van der Waals surface area contributed by atoms with Crippen molar-refractivity contribution >= 4 is 21.6 Å². The largest absolute Gasteiger partial charge is 0.492 e. The predicted molar refractivity (Wildman–Crippen MR) is 108 cm³/mol. The minimum absolute atomic E-state index is 0.269. The van der Waals surface area contributed by atoms with E-state index in [2.05, 4.69) is 5.32 Å². The second kappa shape index (κ2) is 9.41. The van der Waals surface area contributed by atoms with Gasteiger partial charge in [0.1, 0.15) is 18.9 Å². The molecule has 0 aliphatic carbocycles. The Bertz CT molecular complexity index is 847. The number of ether oxygens (including phenoxy) is 1. The Hall–Kier alpha value is -2.54. The highest BCUT2D eigenvalue weighted by Crippen LogP contribution is 2.18. The SMILES string of the molecule is CCc1ccc(N(CC(=O)NCCOc2ccc(C)cc2)S(C)(=O)=O)cc1. The first-order valence-electron chi connectivity index (χ1n) is 8.82. The van der Waals surface area contributed by atoms with Gasteiger partial charge in [0.25, 0.3) is 0 Å². The third kappa shape index (κ3) is 6.60. The Morgan fingerprint density at radius 3 is 2.26 bits per heavy atom. The van der Waals surface area contributed by atoms with Crippen LogP contribution in [0.25, 0.3) is 0 Å². The summed E-state index contributed by atoms with van der Waals surface area (Å²) in [6.07, 6.45) is 1.95. The first kappa shape index (κ1) is 20.8. The van der Waals surface area contributed by atoms with Crippen LogP contribution in [0, 0.1) is 6.92 Å². The van der Waals surface area contributed by atoms with Crippen LogP contribution >= 0.6 is 0 Å². The van der Waals surface area contributed by atoms with Crippen molar-refractivity contribution in [3.8, 4) is 5.75 Å². The summed E-state index contributed by atoms with van der Waals surface area (Å²) in [6, 6.07) is 14.8. The molecule has 0 saturated carbocycles. The molecule has 0 spiro atoms. The zero-order valence-electron chi connectivity index (χ0n) is 15.9. The van der Waals surface area contributed by atoms with Crippen LogP contribution in [-0.4, -0.2) is 40.3 Å². The van der Waals surface area contributed by atoms with Crippen LogP contribution in [0.15, 0.2) is 48.5 Å². The number of amides is 1. The Kier molecular flexibility index (Phi) is 7.24. The zero-order chi connectivity index (χ0) is 19.9. The molecule has 0 aliphatic heterocycles. The summed E-state index contributed by atoms with van der Waals surface area (Å²) < 4.78 is 30.8. The van der Waals surface area contributed by atoms with E-state index in [-0.39, 0.29) is 12.5 Å². The van der Waals surface area contributed by atoms with Crippen molar-refractivity contribution in [1.29, 1.82) is 0 Å². The van der Waals surface area contributed by atoms with Gasteiger partial charge in [0, 0.05) is 0 Å². The molecule has 7 heteroatoms. The van der Waals surface area contributed by atoms with Gasteiger partial charge in [-0.25, -0.2) is 8.42 Å². The molecule has 1 amide bonds. The van der Waals surface area contributed by atoms with Gasteiger partial charge in [-0.05, 0) is 43.2 Å². The molecule has 1 N–H and O–H groups in total. The normalized spacial score (nSPS) is 11.1. The van der Waals surface area contributed by atoms with Crippen molar-refractivity contribution in [3.63, 3.8) is 0 Å². The maximum Gasteiger partial charge on any atom is 0.240 e. The summed E-state index contributed by atoms with van der Waals surface area (Å²) >= 11 is 0. The minimum Gasteiger partial charge on any atom is -0.492 e. The first-order valence-corrected chi connectivity index (χ1v) is 10.7. The fraction of sp³-hybridized carbons (Fsp3) is 0.350. The average molecular weight is 391 g/mol. The van der Waals surface area contributed by atoms with Gasteiger partial charge in [-0.15, -0.1) is 0 Å². The lowest BCUT2D eigenvalue weighted by Crippen LogP contribution is -2.41. The molecule has 0 heterocycles. The van der Waals surface area contributed by atoms with E-state index in [1.807, 2.05) is 50.2 Å². The van der Waals surface area contributed by atoms with Gasteiger partial charge >= 0.3 is 0 Å². The molecule has 0 aliphatic rings. The lowest BCUT2D eigenvalue weighted by molar-refractivity contribution is -0.119. The summed E-state index contributed by atoms with van der Waals surface area (Å²) in [5, 5.41) is 2.69. The zero-order valence-corrected chi connectivity index (χ0v) is 16.8. The van der Waals surface area contributed by atoms with Crippen LogP contribution in [0.2, 0.25) is 0 Å². The summed E-state index contributed by atoms with van der Waals surface area (Å²) in [5.74, 6) is 0.344. The molecule has 2 rings (SSSR count). The van der Waals surface area contributed by atoms with Crippen LogP contribution in [0.5, 0.6) is 5.75 Å². The Morgan fingerprint density at radius 1 is 1.07 bits per heavy atom. The summed E-state index contributed by atoms with van der Waals surface area (Å²) in [5.41, 5.74) is 2.72. The van der Waals surface area contributed by atoms with Crippen LogP contribution in [0.3, 0.4) is 0 Å². The van der Waals surface area contributed by atoms with Gasteiger partial charge in [-0.2, -0.15) is 0 Å². The first-order chi connectivity index (χ1) is 12.8. The number of rotatable bonds is 9. The Balaban J connectivity index is 1.88. The number of sulfonamides is 1. The van der Waals surface area contributed by atoms with Crippen molar-refractivity contribution in [2.45, 2.75) is 20.3 Å². The fourth-order valence-corrected chi connectivity index (χ4v) is 3.33. The maximum absolute atomic E-state index is 12.2. The molecule has 0 bridgehead atoms. The molecule has 0 fully saturated rings. The van der Waals surface area contributed by atoms with Crippen LogP contribution in [0.1, 0.15) is 18.1 Å². The van der Waals surface area contributed by atoms with E-state index < -0.39 is 10.0 Å². The molecular weight excluding hydrogens is 364 g/mol. The van der Waals surface area contributed by atoms with Gasteiger partial charge in [-0.3, -0.25) is 9.10 Å². The topological polar surface area (TPSA) is 75.7 Å². The van der Waals surface area contributed by atoms with Crippen LogP contribution < -0.4 is 14.4 Å². The fourth-order valence-electron chi connectivity index (χ4n) is 2.48. The number of aryl methyl sites for hydroxylation is 2. The molecule has 27 heavy (non-hydrogen) atoms. The number of hydrogen-bond acceptors (Lipinski definition) is 4. The highest BCUT2D eigenvalue weighted by atomic mass is 32.2. The van der Waals surface area contributed by atoms with E-state index in [1.165, 1.54) is 0 Å². The molecule has 2 aromatic carbocycles. The van der Waals surface area contributed by atoms with Crippen molar-refractivity contribution in [1.82, 2.24) is 5.32 Å². The number of anilines is 1. The van der Waals surface area contributed by atoms with E-state index in [0.717, 1.165) is 33.9 Å². The number of hydrogen-bond donors (Lipinski definition) is 1. The molecule has 0 aromatic heterocycles. The van der Waals surface area contributed by atoms with Gasteiger partial charge in [0.15, 0.2) is 0 Å². The lowest BCUT2D eigenvalue weighted by atomic mass is 10.1. The number of nitrogens with zero attached hydrogens (tertiary/aromatic N) is 1. The molecule has 146 valence electrons. The van der Waals surface area contributed by atoms with Crippen molar-refractivity contribution in [2.75, 3.05) is 30.3 Å². The quantitative estimate of drug-likeness (QED) is 0.668. The third-order valence-electron chi connectivity index (χ3n) is 4.03. The Morgan fingerprint density at radius 2 is 1.70 bits per heavy atom. The summed E-state index contributed by atoms with van der Waals surface area (Å²) in [4.78, 5) is 12.2. The van der Waals surface area contributed by atoms with E-state index in [1.54, 1.807) is 12.1 Å². The molecule has 0 saturated heterocycles. The highest BCUT2D eigenvalue weighted by Gasteiger charge is 2.20. The number of carbonyl (C=O) groups is 1. The molecule has 6 nitrogen and oxygen atoms in total. The number of nitrogens with one attached hydrogen (secondary N) is 1. The summed E-state index contributed by atoms with van der Waals surface area (Å²) in [7, 11) is -3.57. The summed E-state index contributed by atoms with van der Waals surface area (Å²) in [6.45, 7) is 4.34. The maximum atomic E-state index is 12.2. The van der Waals surface area contributed by atoms with Crippen LogP contribution in [-0.2, 0) is 21.2 Å². The molecule has 0 atom stereocenters. The van der Waals surface area contributed by atoms with E-state index in [0.29, 0.717) is 18.8 Å². The van der Waals surface area contributed by atoms with Gasteiger partial charge < -0.3 is 10.1 Å². The van der Waals surface area contributed by atoms with E-state index >= 15 is 0 Å². The van der Waals surface area contributed by atoms with E-state index in [9.17, 15) is 13.2 Å². The van der Waals surface area contributed by atoms with E-state index in [4.69, 9.17) is 4.74 Å². The van der Waals surface area contributed by atoms with Crippen molar-refractivity contribution in [3.05, 3.63) is 59.7 Å². The monoisotopic (exact) mass is 390 g/mol.